The number of aromatic nitrogens is 2. The van der Waals surface area contributed by atoms with Crippen molar-refractivity contribution >= 4 is 5.95 Å². The van der Waals surface area contributed by atoms with E-state index in [0.717, 1.165) is 5.56 Å². The molecule has 0 spiro atoms. The molecule has 2 rings (SSSR count). The molecule has 1 aromatic heterocycles. The molecule has 2 aromatic rings. The van der Waals surface area contributed by atoms with Crippen LogP contribution in [0.15, 0.2) is 34.9 Å². The highest BCUT2D eigenvalue weighted by Gasteiger charge is 2.17. The van der Waals surface area contributed by atoms with E-state index in [4.69, 9.17) is 9.26 Å². The summed E-state index contributed by atoms with van der Waals surface area (Å²) in [5.74, 6) is 0.979. The molecule has 0 unspecified atom stereocenters. The van der Waals surface area contributed by atoms with E-state index in [9.17, 15) is 0 Å². The van der Waals surface area contributed by atoms with Gasteiger partial charge in [0.15, 0.2) is 0 Å². The Balaban J connectivity index is 2.03. The van der Waals surface area contributed by atoms with Crippen molar-refractivity contribution < 1.29 is 9.26 Å². The highest BCUT2D eigenvalue weighted by molar-refractivity contribution is 5.53. The summed E-state index contributed by atoms with van der Waals surface area (Å²) in [7, 11) is 1.67. The Kier molecular flexibility index (Phi) is 3.62. The zero-order valence-corrected chi connectivity index (χ0v) is 10.8. The maximum atomic E-state index is 5.30. The van der Waals surface area contributed by atoms with E-state index in [1.54, 1.807) is 7.11 Å². The molecule has 0 saturated carbocycles. The van der Waals surface area contributed by atoms with Gasteiger partial charge >= 0.3 is 0 Å². The number of ether oxygens (including phenoxy) is 1. The van der Waals surface area contributed by atoms with E-state index in [-0.39, 0.29) is 5.60 Å². The second kappa shape index (κ2) is 5.18. The van der Waals surface area contributed by atoms with Gasteiger partial charge in [0.05, 0.1) is 5.60 Å². The van der Waals surface area contributed by atoms with Gasteiger partial charge in [-0.05, 0) is 31.1 Å². The molecule has 0 bridgehead atoms. The maximum Gasteiger partial charge on any atom is 0.263 e. The predicted molar refractivity (Wildman–Crippen MR) is 69.3 cm³/mol. The number of nitrogens with one attached hydrogen (secondary N) is 1. The summed E-state index contributed by atoms with van der Waals surface area (Å²) in [6.45, 7) is 4.58. The molecule has 0 aliphatic carbocycles. The topological polar surface area (TPSA) is 60.2 Å². The van der Waals surface area contributed by atoms with Crippen LogP contribution in [-0.4, -0.2) is 29.4 Å². The molecule has 0 amide bonds. The molecule has 1 aromatic carbocycles. The summed E-state index contributed by atoms with van der Waals surface area (Å²) in [5.41, 5.74) is 0.636. The fourth-order valence-corrected chi connectivity index (χ4v) is 1.36. The lowest BCUT2D eigenvalue weighted by atomic mass is 10.1. The van der Waals surface area contributed by atoms with Crippen molar-refractivity contribution in [3.8, 4) is 11.5 Å². The zero-order valence-electron chi connectivity index (χ0n) is 10.8. The number of nitrogens with zero attached hydrogens (tertiary/aromatic N) is 2. The summed E-state index contributed by atoms with van der Waals surface area (Å²) < 4.78 is 10.5. The second-order valence-corrected chi connectivity index (χ2v) is 4.61. The lowest BCUT2D eigenvalue weighted by Crippen LogP contribution is -2.32. The number of rotatable bonds is 5. The smallest absolute Gasteiger partial charge is 0.263 e. The molecule has 5 heteroatoms. The minimum atomic E-state index is -0.270. The number of hydrogen-bond donors (Lipinski definition) is 1. The van der Waals surface area contributed by atoms with E-state index in [1.807, 2.05) is 44.2 Å². The number of benzene rings is 1. The predicted octanol–water partition coefficient (Wildman–Crippen LogP) is 2.57. The number of anilines is 1. The summed E-state index contributed by atoms with van der Waals surface area (Å²) in [4.78, 5) is 4.27. The van der Waals surface area contributed by atoms with Crippen molar-refractivity contribution in [2.75, 3.05) is 19.0 Å². The number of methoxy groups -OCH3 is 1. The Bertz CT molecular complexity index is 494. The molecule has 0 saturated heterocycles. The molecule has 0 fully saturated rings. The van der Waals surface area contributed by atoms with Gasteiger partial charge in [-0.3, -0.25) is 0 Å². The second-order valence-electron chi connectivity index (χ2n) is 4.61. The van der Waals surface area contributed by atoms with Crippen molar-refractivity contribution in [1.82, 2.24) is 10.1 Å². The fourth-order valence-electron chi connectivity index (χ4n) is 1.36. The minimum Gasteiger partial charge on any atom is -0.377 e. The summed E-state index contributed by atoms with van der Waals surface area (Å²) in [6, 6.07) is 9.66. The highest BCUT2D eigenvalue weighted by Crippen LogP contribution is 2.18. The van der Waals surface area contributed by atoms with Crippen molar-refractivity contribution in [2.24, 2.45) is 0 Å². The Morgan fingerprint density at radius 1 is 1.28 bits per heavy atom. The van der Waals surface area contributed by atoms with Crippen molar-refractivity contribution in [1.29, 1.82) is 0 Å². The van der Waals surface area contributed by atoms with E-state index >= 15 is 0 Å². The normalized spacial score (nSPS) is 11.5. The maximum absolute atomic E-state index is 5.30. The first-order chi connectivity index (χ1) is 8.61. The van der Waals surface area contributed by atoms with Crippen LogP contribution in [0.4, 0.5) is 5.95 Å². The Labute approximate surface area is 106 Å². The molecule has 1 heterocycles. The van der Waals surface area contributed by atoms with E-state index in [2.05, 4.69) is 15.5 Å². The number of hydrogen-bond acceptors (Lipinski definition) is 5. The lowest BCUT2D eigenvalue weighted by Gasteiger charge is -2.22. The van der Waals surface area contributed by atoms with Crippen LogP contribution in [0.25, 0.3) is 11.5 Å². The zero-order chi connectivity index (χ0) is 13.0. The van der Waals surface area contributed by atoms with E-state index in [0.29, 0.717) is 18.4 Å². The first kappa shape index (κ1) is 12.6. The van der Waals surface area contributed by atoms with Gasteiger partial charge < -0.3 is 14.6 Å². The van der Waals surface area contributed by atoms with Crippen molar-refractivity contribution in [3.05, 3.63) is 30.3 Å². The van der Waals surface area contributed by atoms with Gasteiger partial charge in [-0.2, -0.15) is 4.98 Å². The third-order valence-electron chi connectivity index (χ3n) is 2.67. The van der Waals surface area contributed by atoms with Crippen LogP contribution in [0.5, 0.6) is 0 Å². The van der Waals surface area contributed by atoms with Gasteiger partial charge in [0.2, 0.25) is 0 Å². The van der Waals surface area contributed by atoms with Crippen LogP contribution in [0.3, 0.4) is 0 Å². The molecule has 5 nitrogen and oxygen atoms in total. The molecule has 96 valence electrons. The molecule has 1 N–H and O–H groups in total. The Hall–Kier alpha value is -1.88. The molecular weight excluding hydrogens is 230 g/mol. The van der Waals surface area contributed by atoms with E-state index < -0.39 is 0 Å². The SMILES string of the molecule is COC(C)(C)CNc1noc(-c2ccccc2)n1. The first-order valence-corrected chi connectivity index (χ1v) is 5.79. The minimum absolute atomic E-state index is 0.270. The van der Waals surface area contributed by atoms with Crippen LogP contribution in [0.2, 0.25) is 0 Å². The van der Waals surface area contributed by atoms with Crippen LogP contribution >= 0.6 is 0 Å². The highest BCUT2D eigenvalue weighted by atomic mass is 16.5. The molecule has 0 aliphatic rings. The summed E-state index contributed by atoms with van der Waals surface area (Å²) in [5, 5.41) is 6.96. The summed E-state index contributed by atoms with van der Waals surface area (Å²) >= 11 is 0. The van der Waals surface area contributed by atoms with Crippen molar-refractivity contribution in [3.63, 3.8) is 0 Å². The lowest BCUT2D eigenvalue weighted by molar-refractivity contribution is 0.0342. The van der Waals surface area contributed by atoms with Crippen LogP contribution in [0.1, 0.15) is 13.8 Å². The van der Waals surface area contributed by atoms with Gasteiger partial charge in [-0.1, -0.05) is 18.2 Å². The Morgan fingerprint density at radius 3 is 2.67 bits per heavy atom. The van der Waals surface area contributed by atoms with Gasteiger partial charge in [-0.25, -0.2) is 0 Å². The van der Waals surface area contributed by atoms with Crippen LogP contribution < -0.4 is 5.32 Å². The molecular formula is C13H17N3O2. The molecule has 0 radical (unpaired) electrons. The van der Waals surface area contributed by atoms with Gasteiger partial charge in [0.1, 0.15) is 0 Å². The average molecular weight is 247 g/mol. The first-order valence-electron chi connectivity index (χ1n) is 5.79. The standard InChI is InChI=1S/C13H17N3O2/c1-13(2,17-3)9-14-12-15-11(18-16-12)10-7-5-4-6-8-10/h4-8H,9H2,1-3H3,(H,14,16). The van der Waals surface area contributed by atoms with Gasteiger partial charge in [0, 0.05) is 19.2 Å². The quantitative estimate of drug-likeness (QED) is 0.879. The average Bonchev–Trinajstić information content (AvgIpc) is 2.86. The van der Waals surface area contributed by atoms with Gasteiger partial charge in [-0.15, -0.1) is 0 Å². The van der Waals surface area contributed by atoms with Crippen molar-refractivity contribution in [2.45, 2.75) is 19.4 Å². The third kappa shape index (κ3) is 3.07. The van der Waals surface area contributed by atoms with Crippen LogP contribution in [0, 0.1) is 0 Å². The monoisotopic (exact) mass is 247 g/mol. The largest absolute Gasteiger partial charge is 0.377 e. The molecule has 18 heavy (non-hydrogen) atoms. The molecule has 0 atom stereocenters. The molecule has 0 aliphatic heterocycles. The Morgan fingerprint density at radius 2 is 2.00 bits per heavy atom. The third-order valence-corrected chi connectivity index (χ3v) is 2.67. The summed E-state index contributed by atoms with van der Waals surface area (Å²) in [6.07, 6.45) is 0. The fraction of sp³-hybridized carbons (Fsp3) is 0.385. The van der Waals surface area contributed by atoms with Crippen LogP contribution in [-0.2, 0) is 4.74 Å². The van der Waals surface area contributed by atoms with E-state index in [1.165, 1.54) is 0 Å². The van der Waals surface area contributed by atoms with Gasteiger partial charge in [0.25, 0.3) is 11.8 Å².